The standard InChI is InChI=1S/C8H14N4O2S2/c1-6-10-5-8(12-6)16(13,14)11-4-2-3-7(9)15/h5,11H,2-4H2,1H3,(H2,9,15)(H,10,12). The number of hydrogen-bond acceptors (Lipinski definition) is 4. The van der Waals surface area contributed by atoms with Gasteiger partial charge in [-0.1, -0.05) is 12.2 Å². The van der Waals surface area contributed by atoms with Crippen LogP contribution >= 0.6 is 12.2 Å². The van der Waals surface area contributed by atoms with Crippen LogP contribution in [0.1, 0.15) is 18.7 Å². The van der Waals surface area contributed by atoms with Crippen LogP contribution in [0.3, 0.4) is 0 Å². The predicted molar refractivity (Wildman–Crippen MR) is 64.5 cm³/mol. The lowest BCUT2D eigenvalue weighted by molar-refractivity contribution is 0.576. The van der Waals surface area contributed by atoms with Gasteiger partial charge in [-0.3, -0.25) is 0 Å². The quantitative estimate of drug-likeness (QED) is 0.497. The van der Waals surface area contributed by atoms with Crippen molar-refractivity contribution in [2.24, 2.45) is 5.73 Å². The molecule has 1 aromatic rings. The Morgan fingerprint density at radius 1 is 1.69 bits per heavy atom. The molecule has 6 nitrogen and oxygen atoms in total. The van der Waals surface area contributed by atoms with E-state index >= 15 is 0 Å². The summed E-state index contributed by atoms with van der Waals surface area (Å²) in [4.78, 5) is 6.86. The molecule has 16 heavy (non-hydrogen) atoms. The minimum Gasteiger partial charge on any atom is -0.393 e. The minimum absolute atomic E-state index is 0.0697. The Morgan fingerprint density at radius 3 is 2.88 bits per heavy atom. The number of nitrogens with two attached hydrogens (primary N) is 1. The van der Waals surface area contributed by atoms with Crippen LogP contribution in [0.5, 0.6) is 0 Å². The zero-order valence-corrected chi connectivity index (χ0v) is 10.5. The molecule has 0 fully saturated rings. The van der Waals surface area contributed by atoms with E-state index in [-0.39, 0.29) is 5.03 Å². The minimum atomic E-state index is -3.49. The summed E-state index contributed by atoms with van der Waals surface area (Å²) in [7, 11) is -3.49. The highest BCUT2D eigenvalue weighted by Gasteiger charge is 2.15. The Balaban J connectivity index is 2.50. The van der Waals surface area contributed by atoms with Gasteiger partial charge in [0.15, 0.2) is 5.03 Å². The molecule has 1 rings (SSSR count). The van der Waals surface area contributed by atoms with Crippen LogP contribution in [0.2, 0.25) is 0 Å². The van der Waals surface area contributed by atoms with Crippen molar-refractivity contribution >= 4 is 27.2 Å². The summed E-state index contributed by atoms with van der Waals surface area (Å²) in [5.41, 5.74) is 5.29. The molecule has 0 amide bonds. The highest BCUT2D eigenvalue weighted by molar-refractivity contribution is 7.89. The fourth-order valence-electron chi connectivity index (χ4n) is 1.08. The molecule has 0 saturated heterocycles. The first-order valence-corrected chi connectivity index (χ1v) is 6.60. The Morgan fingerprint density at radius 2 is 2.38 bits per heavy atom. The molecule has 1 aromatic heterocycles. The van der Waals surface area contributed by atoms with Gasteiger partial charge in [0, 0.05) is 6.54 Å². The van der Waals surface area contributed by atoms with E-state index in [1.807, 2.05) is 0 Å². The van der Waals surface area contributed by atoms with Gasteiger partial charge in [0.05, 0.1) is 11.2 Å². The number of nitrogens with one attached hydrogen (secondary N) is 2. The largest absolute Gasteiger partial charge is 0.393 e. The molecular formula is C8H14N4O2S2. The van der Waals surface area contributed by atoms with E-state index in [1.165, 1.54) is 6.20 Å². The highest BCUT2D eigenvalue weighted by atomic mass is 32.2. The summed E-state index contributed by atoms with van der Waals surface area (Å²) >= 11 is 4.68. The highest BCUT2D eigenvalue weighted by Crippen LogP contribution is 2.04. The predicted octanol–water partition coefficient (Wildman–Crippen LogP) is 0.0627. The number of sulfonamides is 1. The monoisotopic (exact) mass is 262 g/mol. The maximum absolute atomic E-state index is 11.6. The number of rotatable bonds is 6. The van der Waals surface area contributed by atoms with Crippen LogP contribution in [0.25, 0.3) is 0 Å². The molecule has 90 valence electrons. The van der Waals surface area contributed by atoms with Crippen molar-refractivity contribution in [1.29, 1.82) is 0 Å². The number of aromatic nitrogens is 2. The molecule has 4 N–H and O–H groups in total. The molecular weight excluding hydrogens is 248 g/mol. The second-order valence-electron chi connectivity index (χ2n) is 3.30. The molecule has 0 radical (unpaired) electrons. The third-order valence-corrected chi connectivity index (χ3v) is 3.44. The van der Waals surface area contributed by atoms with Gasteiger partial charge in [0.25, 0.3) is 10.0 Å². The third kappa shape index (κ3) is 3.87. The zero-order chi connectivity index (χ0) is 12.2. The topological polar surface area (TPSA) is 101 Å². The average molecular weight is 262 g/mol. The van der Waals surface area contributed by atoms with Crippen molar-refractivity contribution < 1.29 is 8.42 Å². The van der Waals surface area contributed by atoms with Crippen LogP contribution in [0.4, 0.5) is 0 Å². The van der Waals surface area contributed by atoms with Crippen molar-refractivity contribution in [3.8, 4) is 0 Å². The van der Waals surface area contributed by atoms with Gasteiger partial charge in [-0.25, -0.2) is 18.1 Å². The molecule has 0 aliphatic heterocycles. The molecule has 0 bridgehead atoms. The Labute approximate surface area is 99.7 Å². The first-order chi connectivity index (χ1) is 7.42. The van der Waals surface area contributed by atoms with Crippen molar-refractivity contribution in [2.45, 2.75) is 24.8 Å². The summed E-state index contributed by atoms with van der Waals surface area (Å²) in [6, 6.07) is 0. The molecule has 8 heteroatoms. The van der Waals surface area contributed by atoms with E-state index in [1.54, 1.807) is 6.92 Å². The molecule has 0 aliphatic carbocycles. The maximum atomic E-state index is 11.6. The molecule has 0 aliphatic rings. The molecule has 1 heterocycles. The lowest BCUT2D eigenvalue weighted by atomic mass is 10.3. The SMILES string of the molecule is Cc1ncc(S(=O)(=O)NCCCC(N)=S)[nH]1. The Kier molecular flexibility index (Phi) is 4.39. The van der Waals surface area contributed by atoms with Gasteiger partial charge < -0.3 is 10.7 Å². The van der Waals surface area contributed by atoms with E-state index in [2.05, 4.69) is 26.9 Å². The van der Waals surface area contributed by atoms with Crippen LogP contribution in [-0.2, 0) is 10.0 Å². The van der Waals surface area contributed by atoms with Gasteiger partial charge in [-0.15, -0.1) is 0 Å². The van der Waals surface area contributed by atoms with Crippen molar-refractivity contribution in [1.82, 2.24) is 14.7 Å². The Hall–Kier alpha value is -0.990. The fourth-order valence-corrected chi connectivity index (χ4v) is 2.27. The number of thiocarbonyl (C=S) groups is 1. The van der Waals surface area contributed by atoms with E-state index < -0.39 is 10.0 Å². The Bertz CT molecular complexity index is 466. The normalized spacial score (nSPS) is 11.6. The maximum Gasteiger partial charge on any atom is 0.257 e. The fraction of sp³-hybridized carbons (Fsp3) is 0.500. The number of nitrogens with zero attached hydrogens (tertiary/aromatic N) is 1. The van der Waals surface area contributed by atoms with E-state index in [4.69, 9.17) is 5.73 Å². The second-order valence-corrected chi connectivity index (χ2v) is 5.56. The van der Waals surface area contributed by atoms with Gasteiger partial charge in [-0.2, -0.15) is 0 Å². The van der Waals surface area contributed by atoms with Gasteiger partial charge >= 0.3 is 0 Å². The smallest absolute Gasteiger partial charge is 0.257 e. The average Bonchev–Trinajstić information content (AvgIpc) is 2.60. The zero-order valence-electron chi connectivity index (χ0n) is 8.86. The van der Waals surface area contributed by atoms with E-state index in [0.717, 1.165) is 0 Å². The lowest BCUT2D eigenvalue weighted by Gasteiger charge is -2.03. The van der Waals surface area contributed by atoms with Gasteiger partial charge in [-0.05, 0) is 19.8 Å². The number of imidazole rings is 1. The first-order valence-electron chi connectivity index (χ1n) is 4.71. The molecule has 0 aromatic carbocycles. The lowest BCUT2D eigenvalue weighted by Crippen LogP contribution is -2.26. The van der Waals surface area contributed by atoms with Crippen molar-refractivity contribution in [2.75, 3.05) is 6.54 Å². The van der Waals surface area contributed by atoms with Gasteiger partial charge in [0.2, 0.25) is 0 Å². The number of hydrogen-bond donors (Lipinski definition) is 3. The molecule has 0 spiro atoms. The van der Waals surface area contributed by atoms with E-state index in [9.17, 15) is 8.42 Å². The van der Waals surface area contributed by atoms with Crippen LogP contribution in [0, 0.1) is 6.92 Å². The summed E-state index contributed by atoms with van der Waals surface area (Å²) in [5, 5.41) is 0.0697. The molecule has 0 saturated carbocycles. The third-order valence-electron chi connectivity index (χ3n) is 1.86. The van der Waals surface area contributed by atoms with Crippen LogP contribution < -0.4 is 10.5 Å². The number of aryl methyl sites for hydroxylation is 1. The second kappa shape index (κ2) is 5.37. The number of aromatic amines is 1. The summed E-state index contributed by atoms with van der Waals surface area (Å²) < 4.78 is 25.7. The van der Waals surface area contributed by atoms with Crippen LogP contribution in [0.15, 0.2) is 11.2 Å². The molecule has 0 atom stereocenters. The van der Waals surface area contributed by atoms with Gasteiger partial charge in [0.1, 0.15) is 5.82 Å². The molecule has 0 unspecified atom stereocenters. The number of H-pyrrole nitrogens is 1. The summed E-state index contributed by atoms with van der Waals surface area (Å²) in [6.07, 6.45) is 2.40. The van der Waals surface area contributed by atoms with Crippen LogP contribution in [-0.4, -0.2) is 29.9 Å². The first kappa shape index (κ1) is 13.1. The summed E-state index contributed by atoms with van der Waals surface area (Å²) in [5.74, 6) is 0.559. The summed E-state index contributed by atoms with van der Waals surface area (Å²) in [6.45, 7) is 1.99. The van der Waals surface area contributed by atoms with E-state index in [0.29, 0.717) is 30.2 Å². The van der Waals surface area contributed by atoms with Crippen molar-refractivity contribution in [3.05, 3.63) is 12.0 Å². The van der Waals surface area contributed by atoms with Crippen molar-refractivity contribution in [3.63, 3.8) is 0 Å².